The highest BCUT2D eigenvalue weighted by Gasteiger charge is 2.23. The molecule has 0 radical (unpaired) electrons. The van der Waals surface area contributed by atoms with Crippen LogP contribution in [-0.4, -0.2) is 17.0 Å². The minimum Gasteiger partial charge on any atom is -0.390 e. The highest BCUT2D eigenvalue weighted by molar-refractivity contribution is 5.49. The molecule has 1 atom stereocenters. The Bertz CT molecular complexity index is 215. The molecule has 1 unspecified atom stereocenters. The zero-order valence-corrected chi connectivity index (χ0v) is 10.4. The molecule has 2 nitrogen and oxygen atoms in total. The van der Waals surface area contributed by atoms with Crippen molar-refractivity contribution in [1.29, 1.82) is 0 Å². The first-order valence-electron chi connectivity index (χ1n) is 5.71. The van der Waals surface area contributed by atoms with Gasteiger partial charge in [0.05, 0.1) is 5.60 Å². The van der Waals surface area contributed by atoms with E-state index in [-0.39, 0.29) is 5.92 Å². The molecule has 0 saturated carbocycles. The zero-order chi connectivity index (χ0) is 11.9. The monoisotopic (exact) mass is 212 g/mol. The van der Waals surface area contributed by atoms with Crippen LogP contribution in [0, 0.1) is 5.92 Å². The van der Waals surface area contributed by atoms with E-state index in [2.05, 4.69) is 6.08 Å². The summed E-state index contributed by atoms with van der Waals surface area (Å²) in [5.41, 5.74) is 0.656. The Balaban J connectivity index is 3.90. The SMILES string of the molecule is C/C(=C/CCC(C)(O)C(C)C)CCC=O. The first-order chi connectivity index (χ1) is 6.90. The number of rotatable bonds is 7. The molecular weight excluding hydrogens is 188 g/mol. The molecular formula is C13H24O2. The minimum atomic E-state index is -0.582. The molecule has 0 aromatic heterocycles. The van der Waals surface area contributed by atoms with Crippen LogP contribution in [0.15, 0.2) is 11.6 Å². The molecule has 0 aliphatic heterocycles. The van der Waals surface area contributed by atoms with Crippen molar-refractivity contribution in [2.24, 2.45) is 5.92 Å². The van der Waals surface area contributed by atoms with Gasteiger partial charge in [-0.2, -0.15) is 0 Å². The smallest absolute Gasteiger partial charge is 0.120 e. The van der Waals surface area contributed by atoms with Crippen LogP contribution < -0.4 is 0 Å². The Kier molecular flexibility index (Phi) is 6.50. The van der Waals surface area contributed by atoms with Crippen LogP contribution in [0.1, 0.15) is 53.4 Å². The molecule has 15 heavy (non-hydrogen) atoms. The number of aldehydes is 1. The van der Waals surface area contributed by atoms with Gasteiger partial charge in [-0.1, -0.05) is 25.5 Å². The van der Waals surface area contributed by atoms with Crippen LogP contribution in [0.5, 0.6) is 0 Å². The summed E-state index contributed by atoms with van der Waals surface area (Å²) in [6.07, 6.45) is 6.18. The van der Waals surface area contributed by atoms with Gasteiger partial charge in [0.1, 0.15) is 6.29 Å². The maximum Gasteiger partial charge on any atom is 0.120 e. The normalized spacial score (nSPS) is 16.5. The standard InChI is InChI=1S/C13H24O2/c1-11(2)13(4,15)9-5-7-12(3)8-6-10-14/h7,10-11,15H,5-6,8-9H2,1-4H3/b12-7-. The lowest BCUT2D eigenvalue weighted by molar-refractivity contribution is -0.107. The summed E-state index contributed by atoms with van der Waals surface area (Å²) >= 11 is 0. The molecule has 0 saturated heterocycles. The molecule has 0 aliphatic carbocycles. The first-order valence-corrected chi connectivity index (χ1v) is 5.71. The third-order valence-electron chi connectivity index (χ3n) is 3.04. The molecule has 0 heterocycles. The lowest BCUT2D eigenvalue weighted by atomic mass is 9.87. The maximum atomic E-state index is 10.2. The minimum absolute atomic E-state index is 0.279. The number of carbonyl (C=O) groups excluding carboxylic acids is 1. The summed E-state index contributed by atoms with van der Waals surface area (Å²) < 4.78 is 0. The average molecular weight is 212 g/mol. The van der Waals surface area contributed by atoms with Gasteiger partial charge in [-0.3, -0.25) is 0 Å². The fourth-order valence-electron chi connectivity index (χ4n) is 1.29. The van der Waals surface area contributed by atoms with Crippen molar-refractivity contribution in [3.05, 3.63) is 11.6 Å². The summed E-state index contributed by atoms with van der Waals surface area (Å²) in [4.78, 5) is 10.2. The van der Waals surface area contributed by atoms with Gasteiger partial charge >= 0.3 is 0 Å². The Labute approximate surface area is 93.4 Å². The van der Waals surface area contributed by atoms with Crippen molar-refractivity contribution >= 4 is 6.29 Å². The molecule has 0 aromatic carbocycles. The van der Waals surface area contributed by atoms with Crippen molar-refractivity contribution in [1.82, 2.24) is 0 Å². The Morgan fingerprint density at radius 1 is 1.40 bits per heavy atom. The van der Waals surface area contributed by atoms with Gasteiger partial charge in [-0.15, -0.1) is 0 Å². The number of aliphatic hydroxyl groups is 1. The van der Waals surface area contributed by atoms with Crippen LogP contribution in [0.4, 0.5) is 0 Å². The molecule has 0 fully saturated rings. The van der Waals surface area contributed by atoms with E-state index in [1.54, 1.807) is 0 Å². The van der Waals surface area contributed by atoms with Gasteiger partial charge in [-0.05, 0) is 39.0 Å². The fraction of sp³-hybridized carbons (Fsp3) is 0.769. The predicted molar refractivity (Wildman–Crippen MR) is 63.8 cm³/mol. The molecule has 88 valence electrons. The van der Waals surface area contributed by atoms with E-state index in [1.807, 2.05) is 27.7 Å². The molecule has 0 rings (SSSR count). The van der Waals surface area contributed by atoms with Crippen molar-refractivity contribution in [3.8, 4) is 0 Å². The second kappa shape index (κ2) is 6.78. The van der Waals surface area contributed by atoms with Gasteiger partial charge in [0.25, 0.3) is 0 Å². The quantitative estimate of drug-likeness (QED) is 0.520. The van der Waals surface area contributed by atoms with E-state index < -0.39 is 5.60 Å². The predicted octanol–water partition coefficient (Wildman–Crippen LogP) is 3.10. The Morgan fingerprint density at radius 2 is 2.00 bits per heavy atom. The fourth-order valence-corrected chi connectivity index (χ4v) is 1.29. The van der Waals surface area contributed by atoms with Gasteiger partial charge in [0.2, 0.25) is 0 Å². The lowest BCUT2D eigenvalue weighted by Gasteiger charge is -2.27. The van der Waals surface area contributed by atoms with Gasteiger partial charge < -0.3 is 9.90 Å². The molecule has 0 amide bonds. The average Bonchev–Trinajstić information content (AvgIpc) is 2.14. The molecule has 0 bridgehead atoms. The van der Waals surface area contributed by atoms with Gasteiger partial charge in [-0.25, -0.2) is 0 Å². The zero-order valence-electron chi connectivity index (χ0n) is 10.4. The van der Waals surface area contributed by atoms with Crippen molar-refractivity contribution in [3.63, 3.8) is 0 Å². The number of allylic oxidation sites excluding steroid dienone is 2. The van der Waals surface area contributed by atoms with E-state index in [4.69, 9.17) is 0 Å². The third-order valence-corrected chi connectivity index (χ3v) is 3.04. The second-order valence-electron chi connectivity index (χ2n) is 4.81. The summed E-state index contributed by atoms with van der Waals surface area (Å²) in [5, 5.41) is 10.00. The number of carbonyl (C=O) groups is 1. The Morgan fingerprint density at radius 3 is 2.47 bits per heavy atom. The van der Waals surface area contributed by atoms with Crippen molar-refractivity contribution in [2.75, 3.05) is 0 Å². The van der Waals surface area contributed by atoms with Gasteiger partial charge in [0, 0.05) is 6.42 Å². The second-order valence-corrected chi connectivity index (χ2v) is 4.81. The van der Waals surface area contributed by atoms with Crippen molar-refractivity contribution < 1.29 is 9.90 Å². The lowest BCUT2D eigenvalue weighted by Crippen LogP contribution is -2.30. The molecule has 1 N–H and O–H groups in total. The topological polar surface area (TPSA) is 37.3 Å². The summed E-state index contributed by atoms with van der Waals surface area (Å²) in [5.74, 6) is 0.279. The van der Waals surface area contributed by atoms with E-state index in [0.717, 1.165) is 25.5 Å². The van der Waals surface area contributed by atoms with E-state index in [1.165, 1.54) is 5.57 Å². The van der Waals surface area contributed by atoms with Crippen LogP contribution in [0.3, 0.4) is 0 Å². The van der Waals surface area contributed by atoms with E-state index >= 15 is 0 Å². The van der Waals surface area contributed by atoms with Crippen LogP contribution >= 0.6 is 0 Å². The highest BCUT2D eigenvalue weighted by atomic mass is 16.3. The highest BCUT2D eigenvalue weighted by Crippen LogP contribution is 2.22. The van der Waals surface area contributed by atoms with Crippen molar-refractivity contribution in [2.45, 2.75) is 59.0 Å². The summed E-state index contributed by atoms with van der Waals surface area (Å²) in [7, 11) is 0. The van der Waals surface area contributed by atoms with Crippen LogP contribution in [0.2, 0.25) is 0 Å². The largest absolute Gasteiger partial charge is 0.390 e. The summed E-state index contributed by atoms with van der Waals surface area (Å²) in [6.45, 7) is 7.98. The van der Waals surface area contributed by atoms with E-state index in [9.17, 15) is 9.90 Å². The third kappa shape index (κ3) is 6.45. The molecule has 0 aliphatic rings. The number of hydrogen-bond acceptors (Lipinski definition) is 2. The Hall–Kier alpha value is -0.630. The number of hydrogen-bond donors (Lipinski definition) is 1. The first kappa shape index (κ1) is 14.4. The van der Waals surface area contributed by atoms with E-state index in [0.29, 0.717) is 6.42 Å². The maximum absolute atomic E-state index is 10.2. The van der Waals surface area contributed by atoms with Gasteiger partial charge in [0.15, 0.2) is 0 Å². The molecule has 0 aromatic rings. The van der Waals surface area contributed by atoms with Crippen LogP contribution in [0.25, 0.3) is 0 Å². The summed E-state index contributed by atoms with van der Waals surface area (Å²) in [6, 6.07) is 0. The molecule has 2 heteroatoms. The van der Waals surface area contributed by atoms with Crippen LogP contribution in [-0.2, 0) is 4.79 Å². The molecule has 0 spiro atoms.